The average Bonchev–Trinajstić information content (AvgIpc) is 2.92. The van der Waals surface area contributed by atoms with Crippen molar-refractivity contribution in [2.75, 3.05) is 55.4 Å². The van der Waals surface area contributed by atoms with Crippen molar-refractivity contribution in [1.29, 1.82) is 5.41 Å². The van der Waals surface area contributed by atoms with Gasteiger partial charge in [-0.05, 0) is 55.6 Å². The van der Waals surface area contributed by atoms with E-state index in [2.05, 4.69) is 25.4 Å². The highest BCUT2D eigenvalue weighted by Gasteiger charge is 2.22. The van der Waals surface area contributed by atoms with Gasteiger partial charge in [0, 0.05) is 66.4 Å². The highest BCUT2D eigenvalue weighted by atomic mass is 35.5. The van der Waals surface area contributed by atoms with Crippen LogP contribution < -0.4 is 26.0 Å². The number of carbonyl (C=O) groups is 2. The number of hydrogen-bond acceptors (Lipinski definition) is 8. The summed E-state index contributed by atoms with van der Waals surface area (Å²) in [7, 11) is 2.05. The minimum absolute atomic E-state index is 0.0622. The number of nitrogens with zero attached hydrogens (tertiary/aromatic N) is 3. The van der Waals surface area contributed by atoms with Crippen LogP contribution in [0, 0.1) is 5.41 Å². The zero-order valence-corrected chi connectivity index (χ0v) is 22.2. The van der Waals surface area contributed by atoms with Crippen LogP contribution in [-0.2, 0) is 11.3 Å². The molecule has 1 aliphatic rings. The number of rotatable bonds is 10. The Bertz CT molecular complexity index is 1360. The van der Waals surface area contributed by atoms with Crippen LogP contribution in [0.4, 0.5) is 17.2 Å². The Hall–Kier alpha value is -4.35. The van der Waals surface area contributed by atoms with Crippen LogP contribution >= 0.6 is 11.6 Å². The van der Waals surface area contributed by atoms with E-state index >= 15 is 0 Å². The number of likely N-dealkylation sites (N-methyl/N-ethyl adjacent to an activating group) is 1. The molecule has 1 aliphatic heterocycles. The number of ether oxygens (including phenoxy) is 1. The van der Waals surface area contributed by atoms with Crippen molar-refractivity contribution in [3.05, 3.63) is 76.4 Å². The van der Waals surface area contributed by atoms with Crippen molar-refractivity contribution in [2.45, 2.75) is 6.54 Å². The molecule has 12 heteroatoms. The molecular weight excluding hydrogens is 522 g/mol. The number of benzene rings is 2. The maximum atomic E-state index is 13.2. The van der Waals surface area contributed by atoms with Crippen LogP contribution in [0.3, 0.4) is 0 Å². The average molecular weight is 552 g/mol. The molecule has 204 valence electrons. The second kappa shape index (κ2) is 12.5. The number of hydrogen-bond donors (Lipinski definition) is 5. The van der Waals surface area contributed by atoms with Gasteiger partial charge in [-0.15, -0.1) is 0 Å². The van der Waals surface area contributed by atoms with Crippen molar-refractivity contribution in [2.24, 2.45) is 5.73 Å². The number of pyridine rings is 1. The minimum atomic E-state index is -1.09. The summed E-state index contributed by atoms with van der Waals surface area (Å²) in [6.07, 6.45) is 1.67. The van der Waals surface area contributed by atoms with Gasteiger partial charge in [-0.25, -0.2) is 9.78 Å². The molecule has 0 spiro atoms. The van der Waals surface area contributed by atoms with E-state index < -0.39 is 12.6 Å². The number of carbonyl (C=O) groups excluding carboxylic acids is 1. The van der Waals surface area contributed by atoms with Crippen LogP contribution in [0.5, 0.6) is 5.75 Å². The molecule has 0 saturated carbocycles. The Labute approximate surface area is 231 Å². The normalized spacial score (nSPS) is 13.5. The molecule has 1 amide bonds. The van der Waals surface area contributed by atoms with Gasteiger partial charge in [0.15, 0.2) is 18.2 Å². The van der Waals surface area contributed by atoms with Crippen LogP contribution in [0.2, 0.25) is 5.02 Å². The van der Waals surface area contributed by atoms with Crippen molar-refractivity contribution >= 4 is 46.5 Å². The number of carboxylic acids is 1. The second-order valence-corrected chi connectivity index (χ2v) is 9.52. The molecule has 2 aromatic carbocycles. The smallest absolute Gasteiger partial charge is 0.341 e. The van der Waals surface area contributed by atoms with Gasteiger partial charge in [0.1, 0.15) is 5.84 Å². The second-order valence-electron chi connectivity index (χ2n) is 9.08. The van der Waals surface area contributed by atoms with E-state index in [1.54, 1.807) is 54.7 Å². The molecule has 4 rings (SSSR count). The first-order chi connectivity index (χ1) is 18.7. The first-order valence-corrected chi connectivity index (χ1v) is 12.6. The zero-order chi connectivity index (χ0) is 27.9. The van der Waals surface area contributed by atoms with Gasteiger partial charge in [0.25, 0.3) is 5.91 Å². The maximum absolute atomic E-state index is 13.2. The Balaban J connectivity index is 1.56. The standard InChI is InChI=1S/C27H30ClN7O4/c1-34-10-12-35(13-11-34)26-24(39-16-23(36)37)18(8-9-31-26)15-32-22-7-4-19(28)14-21(22)27(38)33-20-5-2-17(3-6-20)25(29)30/h2-9,14,32H,10-13,15-16H2,1H3,(H3,29,30)(H,33,38)(H,36,37). The highest BCUT2D eigenvalue weighted by Crippen LogP contribution is 2.32. The molecule has 1 fully saturated rings. The van der Waals surface area contributed by atoms with Crippen LogP contribution in [0.25, 0.3) is 0 Å². The van der Waals surface area contributed by atoms with E-state index in [0.717, 1.165) is 26.2 Å². The Morgan fingerprint density at radius 1 is 1.13 bits per heavy atom. The van der Waals surface area contributed by atoms with Gasteiger partial charge >= 0.3 is 5.97 Å². The van der Waals surface area contributed by atoms with Gasteiger partial charge in [0.05, 0.1) is 5.56 Å². The number of halogens is 1. The lowest BCUT2D eigenvalue weighted by Gasteiger charge is -2.34. The van der Waals surface area contributed by atoms with Crippen molar-refractivity contribution < 1.29 is 19.4 Å². The monoisotopic (exact) mass is 551 g/mol. The number of nitrogens with two attached hydrogens (primary N) is 1. The Morgan fingerprint density at radius 3 is 2.51 bits per heavy atom. The third kappa shape index (κ3) is 7.15. The van der Waals surface area contributed by atoms with Gasteiger partial charge in [0.2, 0.25) is 0 Å². The molecule has 0 radical (unpaired) electrons. The number of aromatic nitrogens is 1. The molecule has 0 aliphatic carbocycles. The number of nitrogens with one attached hydrogen (secondary N) is 3. The molecule has 0 bridgehead atoms. The summed E-state index contributed by atoms with van der Waals surface area (Å²) in [6, 6.07) is 13.3. The number of carboxylic acid groups (broad SMARTS) is 1. The van der Waals surface area contributed by atoms with Gasteiger partial charge in [-0.3, -0.25) is 10.2 Å². The first kappa shape index (κ1) is 27.7. The molecule has 0 unspecified atom stereocenters. The fourth-order valence-corrected chi connectivity index (χ4v) is 4.30. The lowest BCUT2D eigenvalue weighted by molar-refractivity contribution is -0.139. The summed E-state index contributed by atoms with van der Waals surface area (Å²) in [5.41, 5.74) is 8.13. The summed E-state index contributed by atoms with van der Waals surface area (Å²) in [5.74, 6) is -0.553. The highest BCUT2D eigenvalue weighted by molar-refractivity contribution is 6.31. The quantitative estimate of drug-likeness (QED) is 0.189. The predicted octanol–water partition coefficient (Wildman–Crippen LogP) is 3.10. The van der Waals surface area contributed by atoms with E-state index in [1.807, 2.05) is 7.05 Å². The summed E-state index contributed by atoms with van der Waals surface area (Å²) in [6.45, 7) is 2.91. The molecule has 1 aromatic heterocycles. The lowest BCUT2D eigenvalue weighted by atomic mass is 10.1. The summed E-state index contributed by atoms with van der Waals surface area (Å²) < 4.78 is 5.72. The molecule has 0 atom stereocenters. The van der Waals surface area contributed by atoms with Crippen molar-refractivity contribution in [3.63, 3.8) is 0 Å². The molecular formula is C27H30ClN7O4. The fourth-order valence-electron chi connectivity index (χ4n) is 4.13. The topological polar surface area (TPSA) is 157 Å². The summed E-state index contributed by atoms with van der Waals surface area (Å²) >= 11 is 6.21. The largest absolute Gasteiger partial charge is 0.479 e. The van der Waals surface area contributed by atoms with Crippen LogP contribution in [-0.4, -0.2) is 72.5 Å². The number of amidine groups is 1. The van der Waals surface area contributed by atoms with Crippen LogP contribution in [0.15, 0.2) is 54.7 Å². The third-order valence-electron chi connectivity index (χ3n) is 6.26. The van der Waals surface area contributed by atoms with Gasteiger partial charge in [-0.2, -0.15) is 0 Å². The van der Waals surface area contributed by atoms with Crippen molar-refractivity contribution in [3.8, 4) is 5.75 Å². The molecule has 3 aromatic rings. The Morgan fingerprint density at radius 2 is 1.85 bits per heavy atom. The predicted molar refractivity (Wildman–Crippen MR) is 151 cm³/mol. The number of aliphatic carboxylic acids is 1. The molecule has 11 nitrogen and oxygen atoms in total. The van der Waals surface area contributed by atoms with Gasteiger partial charge in [-0.1, -0.05) is 11.6 Å². The SMILES string of the molecule is CN1CCN(c2nccc(CNc3ccc(Cl)cc3C(=O)Nc3ccc(C(=N)N)cc3)c2OCC(=O)O)CC1. The third-order valence-corrected chi connectivity index (χ3v) is 6.49. The summed E-state index contributed by atoms with van der Waals surface area (Å²) in [5, 5.41) is 23.2. The fraction of sp³-hybridized carbons (Fsp3) is 0.259. The number of piperazine rings is 1. The first-order valence-electron chi connectivity index (χ1n) is 12.3. The van der Waals surface area contributed by atoms with E-state index in [1.165, 1.54) is 0 Å². The summed E-state index contributed by atoms with van der Waals surface area (Å²) in [4.78, 5) is 33.3. The van der Waals surface area contributed by atoms with Crippen LogP contribution in [0.1, 0.15) is 21.5 Å². The van der Waals surface area contributed by atoms with Gasteiger partial charge < -0.3 is 36.0 Å². The van der Waals surface area contributed by atoms with E-state index in [4.69, 9.17) is 27.5 Å². The van der Waals surface area contributed by atoms with E-state index in [-0.39, 0.29) is 18.3 Å². The van der Waals surface area contributed by atoms with E-state index in [9.17, 15) is 14.7 Å². The minimum Gasteiger partial charge on any atom is -0.479 e. The number of anilines is 3. The molecule has 2 heterocycles. The van der Waals surface area contributed by atoms with Crippen molar-refractivity contribution in [1.82, 2.24) is 9.88 Å². The number of amides is 1. The van der Waals surface area contributed by atoms with E-state index in [0.29, 0.717) is 44.7 Å². The maximum Gasteiger partial charge on any atom is 0.341 e. The Kier molecular flexibility index (Phi) is 8.84. The zero-order valence-electron chi connectivity index (χ0n) is 21.4. The number of nitrogen functional groups attached to an aromatic ring is 1. The molecule has 6 N–H and O–H groups in total. The molecule has 39 heavy (non-hydrogen) atoms. The lowest BCUT2D eigenvalue weighted by Crippen LogP contribution is -2.45. The molecule has 1 saturated heterocycles.